The lowest BCUT2D eigenvalue weighted by Gasteiger charge is -2.13. The molecule has 0 saturated carbocycles. The predicted molar refractivity (Wildman–Crippen MR) is 156 cm³/mol. The maximum absolute atomic E-state index is 14.1. The van der Waals surface area contributed by atoms with Crippen LogP contribution < -0.4 is 14.8 Å². The van der Waals surface area contributed by atoms with E-state index in [0.29, 0.717) is 28.3 Å². The molecule has 1 aromatic heterocycles. The SMILES string of the molecule is COc1cccc(-c2nn(-c3cccc(C)c3C)c(OC(C)=O)c2-c2ccc(NC(=O)c3ccccc3F)cc2)c1. The van der Waals surface area contributed by atoms with Crippen molar-refractivity contribution in [2.24, 2.45) is 0 Å². The Morgan fingerprint density at radius 2 is 1.61 bits per heavy atom. The highest BCUT2D eigenvalue weighted by Gasteiger charge is 2.26. The van der Waals surface area contributed by atoms with E-state index in [0.717, 1.165) is 22.4 Å². The van der Waals surface area contributed by atoms with E-state index in [1.165, 1.54) is 25.1 Å². The molecule has 1 heterocycles. The standard InChI is InChI=1S/C33H28FN3O4/c1-20-9-7-14-29(21(20)2)37-33(41-22(3)38)30(31(36-37)24-10-8-11-26(19-24)40-4)23-15-17-25(18-16-23)35-32(39)27-12-5-6-13-28(27)34/h5-19H,1-4H3,(H,35,39). The summed E-state index contributed by atoms with van der Waals surface area (Å²) in [7, 11) is 1.59. The van der Waals surface area contributed by atoms with Gasteiger partial charge in [0.15, 0.2) is 0 Å². The fourth-order valence-electron chi connectivity index (χ4n) is 4.56. The van der Waals surface area contributed by atoms with Crippen molar-refractivity contribution in [3.8, 4) is 39.7 Å². The van der Waals surface area contributed by atoms with Gasteiger partial charge in [-0.05, 0) is 73.0 Å². The third-order valence-electron chi connectivity index (χ3n) is 6.78. The molecule has 0 aliphatic carbocycles. The smallest absolute Gasteiger partial charge is 0.309 e. The van der Waals surface area contributed by atoms with Gasteiger partial charge in [0.05, 0.1) is 23.9 Å². The van der Waals surface area contributed by atoms with Gasteiger partial charge in [0, 0.05) is 18.2 Å². The van der Waals surface area contributed by atoms with Gasteiger partial charge in [-0.15, -0.1) is 0 Å². The summed E-state index contributed by atoms with van der Waals surface area (Å²) in [5.74, 6) is -0.753. The molecule has 0 atom stereocenters. The van der Waals surface area contributed by atoms with Gasteiger partial charge in [0.1, 0.15) is 17.3 Å². The number of hydrogen-bond donors (Lipinski definition) is 1. The molecule has 0 unspecified atom stereocenters. The van der Waals surface area contributed by atoms with E-state index >= 15 is 0 Å². The normalized spacial score (nSPS) is 10.8. The molecule has 0 radical (unpaired) electrons. The summed E-state index contributed by atoms with van der Waals surface area (Å²) in [5.41, 5.74) is 5.85. The lowest BCUT2D eigenvalue weighted by Crippen LogP contribution is -2.13. The first kappa shape index (κ1) is 27.3. The summed E-state index contributed by atoms with van der Waals surface area (Å²) in [6.45, 7) is 5.34. The molecule has 0 aliphatic rings. The molecular weight excluding hydrogens is 521 g/mol. The van der Waals surface area contributed by atoms with Crippen LogP contribution in [0.5, 0.6) is 11.6 Å². The zero-order valence-electron chi connectivity index (χ0n) is 23.1. The zero-order chi connectivity index (χ0) is 29.1. The Bertz CT molecular complexity index is 1760. The van der Waals surface area contributed by atoms with Crippen molar-refractivity contribution in [1.82, 2.24) is 9.78 Å². The maximum Gasteiger partial charge on any atom is 0.309 e. The van der Waals surface area contributed by atoms with E-state index in [2.05, 4.69) is 5.32 Å². The Balaban J connectivity index is 1.66. The number of amides is 1. The van der Waals surface area contributed by atoms with Crippen LogP contribution in [0.4, 0.5) is 10.1 Å². The zero-order valence-corrected chi connectivity index (χ0v) is 23.1. The fourth-order valence-corrected chi connectivity index (χ4v) is 4.56. The monoisotopic (exact) mass is 549 g/mol. The average Bonchev–Trinajstić information content (AvgIpc) is 3.33. The molecule has 0 saturated heterocycles. The van der Waals surface area contributed by atoms with Crippen LogP contribution in [0.2, 0.25) is 0 Å². The second-order valence-electron chi connectivity index (χ2n) is 9.50. The van der Waals surface area contributed by atoms with Crippen molar-refractivity contribution in [3.05, 3.63) is 114 Å². The molecule has 206 valence electrons. The van der Waals surface area contributed by atoms with Gasteiger partial charge in [0.25, 0.3) is 5.91 Å². The minimum Gasteiger partial charge on any atom is -0.497 e. The number of aromatic nitrogens is 2. The molecule has 8 heteroatoms. The number of nitrogens with zero attached hydrogens (tertiary/aromatic N) is 2. The van der Waals surface area contributed by atoms with E-state index in [1.54, 1.807) is 42.1 Å². The van der Waals surface area contributed by atoms with Gasteiger partial charge in [-0.3, -0.25) is 9.59 Å². The van der Waals surface area contributed by atoms with Crippen molar-refractivity contribution < 1.29 is 23.5 Å². The summed E-state index contributed by atoms with van der Waals surface area (Å²) < 4.78 is 27.0. The topological polar surface area (TPSA) is 82.4 Å². The number of anilines is 1. The Morgan fingerprint density at radius 1 is 0.878 bits per heavy atom. The van der Waals surface area contributed by atoms with Crippen LogP contribution in [0.1, 0.15) is 28.4 Å². The summed E-state index contributed by atoms with van der Waals surface area (Å²) in [5, 5.41) is 7.68. The van der Waals surface area contributed by atoms with Gasteiger partial charge in [-0.1, -0.05) is 48.5 Å². The third-order valence-corrected chi connectivity index (χ3v) is 6.78. The maximum atomic E-state index is 14.1. The van der Waals surface area contributed by atoms with Crippen molar-refractivity contribution >= 4 is 17.6 Å². The molecule has 7 nitrogen and oxygen atoms in total. The fraction of sp³-hybridized carbons (Fsp3) is 0.121. The Kier molecular flexibility index (Phi) is 7.65. The van der Waals surface area contributed by atoms with Gasteiger partial charge >= 0.3 is 5.97 Å². The number of methoxy groups -OCH3 is 1. The Morgan fingerprint density at radius 3 is 2.32 bits per heavy atom. The number of carbonyl (C=O) groups is 2. The lowest BCUT2D eigenvalue weighted by molar-refractivity contribution is -0.132. The van der Waals surface area contributed by atoms with Gasteiger partial charge < -0.3 is 14.8 Å². The molecular formula is C33H28FN3O4. The molecule has 1 N–H and O–H groups in total. The molecule has 5 rings (SSSR count). The van der Waals surface area contributed by atoms with E-state index in [1.807, 2.05) is 56.3 Å². The highest BCUT2D eigenvalue weighted by Crippen LogP contribution is 2.42. The van der Waals surface area contributed by atoms with Crippen LogP contribution in [0.3, 0.4) is 0 Å². The number of esters is 1. The van der Waals surface area contributed by atoms with Crippen molar-refractivity contribution in [2.75, 3.05) is 12.4 Å². The van der Waals surface area contributed by atoms with Crippen LogP contribution in [-0.4, -0.2) is 28.8 Å². The highest BCUT2D eigenvalue weighted by atomic mass is 19.1. The predicted octanol–water partition coefficient (Wildman–Crippen LogP) is 7.15. The second-order valence-corrected chi connectivity index (χ2v) is 9.50. The van der Waals surface area contributed by atoms with E-state index in [-0.39, 0.29) is 11.4 Å². The summed E-state index contributed by atoms with van der Waals surface area (Å²) >= 11 is 0. The molecule has 41 heavy (non-hydrogen) atoms. The highest BCUT2D eigenvalue weighted by molar-refractivity contribution is 6.04. The van der Waals surface area contributed by atoms with Gasteiger partial charge in [0.2, 0.25) is 5.88 Å². The van der Waals surface area contributed by atoms with Gasteiger partial charge in [-0.2, -0.15) is 9.78 Å². The molecule has 0 aliphatic heterocycles. The number of halogens is 1. The molecule has 0 spiro atoms. The van der Waals surface area contributed by atoms with Crippen molar-refractivity contribution in [3.63, 3.8) is 0 Å². The minimum absolute atomic E-state index is 0.0520. The van der Waals surface area contributed by atoms with Crippen LogP contribution in [0.15, 0.2) is 91.0 Å². The largest absolute Gasteiger partial charge is 0.497 e. The lowest BCUT2D eigenvalue weighted by atomic mass is 10.0. The van der Waals surface area contributed by atoms with Gasteiger partial charge in [-0.25, -0.2) is 4.39 Å². The first-order valence-electron chi connectivity index (χ1n) is 13.0. The molecule has 4 aromatic carbocycles. The van der Waals surface area contributed by atoms with Crippen LogP contribution in [0, 0.1) is 19.7 Å². The molecule has 0 fully saturated rings. The van der Waals surface area contributed by atoms with Crippen molar-refractivity contribution in [2.45, 2.75) is 20.8 Å². The third kappa shape index (κ3) is 5.58. The number of nitrogens with one attached hydrogen (secondary N) is 1. The first-order valence-corrected chi connectivity index (χ1v) is 13.0. The number of hydrogen-bond acceptors (Lipinski definition) is 5. The van der Waals surface area contributed by atoms with E-state index in [9.17, 15) is 14.0 Å². The minimum atomic E-state index is -0.602. The first-order chi connectivity index (χ1) is 19.8. The van der Waals surface area contributed by atoms with Crippen LogP contribution in [0.25, 0.3) is 28.1 Å². The number of aryl methyl sites for hydroxylation is 1. The molecule has 1 amide bonds. The van der Waals surface area contributed by atoms with E-state index < -0.39 is 17.7 Å². The van der Waals surface area contributed by atoms with Crippen molar-refractivity contribution in [1.29, 1.82) is 0 Å². The Labute approximate surface area is 237 Å². The summed E-state index contributed by atoms with van der Waals surface area (Å²) in [6.07, 6.45) is 0. The van der Waals surface area contributed by atoms with E-state index in [4.69, 9.17) is 14.6 Å². The van der Waals surface area contributed by atoms with Crippen LogP contribution in [-0.2, 0) is 4.79 Å². The number of rotatable bonds is 7. The Hall–Kier alpha value is -5.24. The van der Waals surface area contributed by atoms with Crippen LogP contribution >= 0.6 is 0 Å². The number of ether oxygens (including phenoxy) is 2. The number of carbonyl (C=O) groups excluding carboxylic acids is 2. The number of benzene rings is 4. The molecule has 5 aromatic rings. The average molecular weight is 550 g/mol. The summed E-state index contributed by atoms with van der Waals surface area (Å²) in [6, 6.07) is 26.1. The second kappa shape index (κ2) is 11.5. The quantitative estimate of drug-likeness (QED) is 0.218. The summed E-state index contributed by atoms with van der Waals surface area (Å²) in [4.78, 5) is 25.0. The molecule has 0 bridgehead atoms.